The van der Waals surface area contributed by atoms with Crippen LogP contribution < -0.4 is 14.2 Å². The Labute approximate surface area is 169 Å². The molecule has 148 valence electrons. The van der Waals surface area contributed by atoms with E-state index < -0.39 is 0 Å². The lowest BCUT2D eigenvalue weighted by Crippen LogP contribution is -2.01. The number of carbonyl (C=O) groups excluding carboxylic acids is 1. The van der Waals surface area contributed by atoms with Gasteiger partial charge in [0.2, 0.25) is 0 Å². The van der Waals surface area contributed by atoms with E-state index in [1.165, 1.54) is 32.4 Å². The number of hydrogen-bond acceptors (Lipinski definition) is 5. The minimum atomic E-state index is -0.216. The van der Waals surface area contributed by atoms with Crippen molar-refractivity contribution in [3.05, 3.63) is 89.5 Å². The number of methoxy groups -OCH3 is 2. The monoisotopic (exact) mass is 390 g/mol. The number of phenols is 1. The Bertz CT molecular complexity index is 1010. The second kappa shape index (κ2) is 9.46. The zero-order chi connectivity index (χ0) is 20.6. The van der Waals surface area contributed by atoms with Crippen LogP contribution in [0.5, 0.6) is 23.0 Å². The summed E-state index contributed by atoms with van der Waals surface area (Å²) in [6, 6.07) is 19.7. The number of phenolic OH excluding ortho intramolecular Hbond substituents is 1. The van der Waals surface area contributed by atoms with Gasteiger partial charge in [0, 0.05) is 17.7 Å². The normalized spacial score (nSPS) is 10.7. The SMILES string of the molecule is COc1cc(O)ccc1C=CC(=O)c1ccc(OCc2ccccc2)cc1OC. The standard InChI is InChI=1S/C24H22O5/c1-27-23-14-19(25)10-8-18(23)9-13-22(26)21-12-11-20(15-24(21)28-2)29-16-17-6-4-3-5-7-17/h3-15,25H,16H2,1-2H3. The molecule has 0 fully saturated rings. The van der Waals surface area contributed by atoms with Gasteiger partial charge in [0.25, 0.3) is 0 Å². The summed E-state index contributed by atoms with van der Waals surface area (Å²) in [5, 5.41) is 9.54. The fraction of sp³-hybridized carbons (Fsp3) is 0.125. The maximum absolute atomic E-state index is 12.7. The van der Waals surface area contributed by atoms with Crippen molar-refractivity contribution >= 4 is 11.9 Å². The van der Waals surface area contributed by atoms with Crippen molar-refractivity contribution in [3.8, 4) is 23.0 Å². The Morgan fingerprint density at radius 1 is 0.931 bits per heavy atom. The second-order valence-corrected chi connectivity index (χ2v) is 6.26. The molecule has 0 aliphatic heterocycles. The summed E-state index contributed by atoms with van der Waals surface area (Å²) in [6.07, 6.45) is 3.08. The molecule has 0 aromatic heterocycles. The molecule has 3 aromatic rings. The molecule has 0 spiro atoms. The smallest absolute Gasteiger partial charge is 0.189 e. The molecule has 0 bridgehead atoms. The summed E-state index contributed by atoms with van der Waals surface area (Å²) in [6.45, 7) is 0.428. The van der Waals surface area contributed by atoms with Crippen LogP contribution in [0, 0.1) is 0 Å². The van der Waals surface area contributed by atoms with E-state index in [-0.39, 0.29) is 11.5 Å². The Balaban J connectivity index is 1.75. The van der Waals surface area contributed by atoms with E-state index in [2.05, 4.69) is 0 Å². The van der Waals surface area contributed by atoms with Crippen molar-refractivity contribution in [3.63, 3.8) is 0 Å². The van der Waals surface area contributed by atoms with E-state index >= 15 is 0 Å². The van der Waals surface area contributed by atoms with Crippen LogP contribution in [-0.4, -0.2) is 25.1 Å². The molecular formula is C24H22O5. The summed E-state index contributed by atoms with van der Waals surface area (Å²) >= 11 is 0. The van der Waals surface area contributed by atoms with Crippen LogP contribution in [0.3, 0.4) is 0 Å². The summed E-state index contributed by atoms with van der Waals surface area (Å²) in [4.78, 5) is 12.7. The Hall–Kier alpha value is -3.73. The quantitative estimate of drug-likeness (QED) is 0.438. The van der Waals surface area contributed by atoms with Gasteiger partial charge < -0.3 is 19.3 Å². The number of rotatable bonds is 8. The van der Waals surface area contributed by atoms with E-state index in [4.69, 9.17) is 14.2 Å². The van der Waals surface area contributed by atoms with Crippen LogP contribution in [0.2, 0.25) is 0 Å². The van der Waals surface area contributed by atoms with Crippen molar-refractivity contribution in [2.75, 3.05) is 14.2 Å². The van der Waals surface area contributed by atoms with Gasteiger partial charge in [-0.2, -0.15) is 0 Å². The van der Waals surface area contributed by atoms with Crippen molar-refractivity contribution in [1.29, 1.82) is 0 Å². The van der Waals surface area contributed by atoms with E-state index in [9.17, 15) is 9.90 Å². The average molecular weight is 390 g/mol. The van der Waals surface area contributed by atoms with Gasteiger partial charge in [0.15, 0.2) is 5.78 Å². The Morgan fingerprint density at radius 3 is 2.41 bits per heavy atom. The molecule has 0 radical (unpaired) electrons. The number of carbonyl (C=O) groups is 1. The molecule has 1 N–H and O–H groups in total. The molecule has 0 saturated carbocycles. The minimum absolute atomic E-state index is 0.0955. The summed E-state index contributed by atoms with van der Waals surface area (Å²) < 4.78 is 16.4. The fourth-order valence-electron chi connectivity index (χ4n) is 2.80. The van der Waals surface area contributed by atoms with Crippen molar-refractivity contribution in [1.82, 2.24) is 0 Å². The number of benzene rings is 3. The van der Waals surface area contributed by atoms with Crippen LogP contribution in [-0.2, 0) is 6.61 Å². The van der Waals surface area contributed by atoms with Gasteiger partial charge in [0.1, 0.15) is 29.6 Å². The molecule has 0 unspecified atom stereocenters. The Morgan fingerprint density at radius 2 is 1.69 bits per heavy atom. The third-order valence-corrected chi connectivity index (χ3v) is 4.32. The number of ether oxygens (including phenoxy) is 3. The molecule has 0 aliphatic carbocycles. The molecule has 0 heterocycles. The molecule has 3 aromatic carbocycles. The van der Waals surface area contributed by atoms with Crippen molar-refractivity contribution < 1.29 is 24.1 Å². The van der Waals surface area contributed by atoms with Crippen LogP contribution in [0.1, 0.15) is 21.5 Å². The minimum Gasteiger partial charge on any atom is -0.508 e. The molecule has 3 rings (SSSR count). The van der Waals surface area contributed by atoms with Gasteiger partial charge in [-0.25, -0.2) is 0 Å². The highest BCUT2D eigenvalue weighted by atomic mass is 16.5. The number of allylic oxidation sites excluding steroid dienone is 1. The second-order valence-electron chi connectivity index (χ2n) is 6.26. The lowest BCUT2D eigenvalue weighted by atomic mass is 10.1. The molecule has 0 atom stereocenters. The van der Waals surface area contributed by atoms with E-state index in [1.807, 2.05) is 30.3 Å². The van der Waals surface area contributed by atoms with Gasteiger partial charge in [-0.3, -0.25) is 4.79 Å². The number of aromatic hydroxyl groups is 1. The van der Waals surface area contributed by atoms with Gasteiger partial charge in [0.05, 0.1) is 19.8 Å². The number of hydrogen-bond donors (Lipinski definition) is 1. The summed E-state index contributed by atoms with van der Waals surface area (Å²) in [5.74, 6) is 1.41. The van der Waals surface area contributed by atoms with Crippen LogP contribution in [0.4, 0.5) is 0 Å². The zero-order valence-corrected chi connectivity index (χ0v) is 16.3. The number of ketones is 1. The zero-order valence-electron chi connectivity index (χ0n) is 16.3. The first kappa shape index (κ1) is 20.0. The van der Waals surface area contributed by atoms with Crippen LogP contribution in [0.15, 0.2) is 72.8 Å². The van der Waals surface area contributed by atoms with E-state index in [1.54, 1.807) is 30.3 Å². The first-order valence-electron chi connectivity index (χ1n) is 9.05. The lowest BCUT2D eigenvalue weighted by Gasteiger charge is -2.11. The van der Waals surface area contributed by atoms with Crippen LogP contribution in [0.25, 0.3) is 6.08 Å². The predicted molar refractivity (Wildman–Crippen MR) is 112 cm³/mol. The largest absolute Gasteiger partial charge is 0.508 e. The predicted octanol–water partition coefficient (Wildman–Crippen LogP) is 4.88. The molecular weight excluding hydrogens is 368 g/mol. The highest BCUT2D eigenvalue weighted by Crippen LogP contribution is 2.28. The Kier molecular flexibility index (Phi) is 6.53. The fourth-order valence-corrected chi connectivity index (χ4v) is 2.80. The molecule has 0 aliphatic rings. The molecule has 5 nitrogen and oxygen atoms in total. The van der Waals surface area contributed by atoms with E-state index in [0.717, 1.165) is 5.56 Å². The third-order valence-electron chi connectivity index (χ3n) is 4.32. The highest BCUT2D eigenvalue weighted by molar-refractivity contribution is 6.08. The van der Waals surface area contributed by atoms with Gasteiger partial charge in [-0.1, -0.05) is 30.3 Å². The molecule has 0 amide bonds. The van der Waals surface area contributed by atoms with Crippen molar-refractivity contribution in [2.45, 2.75) is 6.61 Å². The molecule has 0 saturated heterocycles. The molecule has 5 heteroatoms. The summed E-state index contributed by atoms with van der Waals surface area (Å²) in [7, 11) is 3.02. The van der Waals surface area contributed by atoms with Gasteiger partial charge >= 0.3 is 0 Å². The maximum Gasteiger partial charge on any atom is 0.189 e. The first-order chi connectivity index (χ1) is 14.1. The maximum atomic E-state index is 12.7. The van der Waals surface area contributed by atoms with Gasteiger partial charge in [-0.05, 0) is 42.0 Å². The van der Waals surface area contributed by atoms with Crippen molar-refractivity contribution in [2.24, 2.45) is 0 Å². The topological polar surface area (TPSA) is 65.0 Å². The average Bonchev–Trinajstić information content (AvgIpc) is 2.77. The van der Waals surface area contributed by atoms with E-state index in [0.29, 0.717) is 35.0 Å². The lowest BCUT2D eigenvalue weighted by molar-refractivity contribution is 0.104. The summed E-state index contributed by atoms with van der Waals surface area (Å²) in [5.41, 5.74) is 2.16. The first-order valence-corrected chi connectivity index (χ1v) is 9.05. The van der Waals surface area contributed by atoms with Crippen LogP contribution >= 0.6 is 0 Å². The van der Waals surface area contributed by atoms with Gasteiger partial charge in [-0.15, -0.1) is 0 Å². The highest BCUT2D eigenvalue weighted by Gasteiger charge is 2.12. The third kappa shape index (κ3) is 5.17. The molecule has 29 heavy (non-hydrogen) atoms.